The van der Waals surface area contributed by atoms with Crippen molar-refractivity contribution >= 4 is 27.3 Å². The van der Waals surface area contributed by atoms with Crippen LogP contribution in [0.2, 0.25) is 0 Å². The Balaban J connectivity index is 1.98. The van der Waals surface area contributed by atoms with Crippen LogP contribution in [0.4, 0.5) is 11.4 Å². The van der Waals surface area contributed by atoms with Gasteiger partial charge in [-0.25, -0.2) is 13.4 Å². The number of pyridine rings is 1. The minimum absolute atomic E-state index is 0.0431. The molecule has 8 heteroatoms. The quantitative estimate of drug-likeness (QED) is 0.621. The number of anilines is 2. The Morgan fingerprint density at radius 2 is 1.80 bits per heavy atom. The molecule has 2 aromatic carbocycles. The number of para-hydroxylation sites is 1. The third kappa shape index (κ3) is 4.44. The van der Waals surface area contributed by atoms with Crippen molar-refractivity contribution in [3.63, 3.8) is 0 Å². The van der Waals surface area contributed by atoms with E-state index in [0.29, 0.717) is 17.1 Å². The molecule has 1 aromatic heterocycles. The van der Waals surface area contributed by atoms with Crippen LogP contribution in [0.25, 0.3) is 0 Å². The first-order chi connectivity index (χ1) is 14.4. The maximum Gasteiger partial charge on any atom is 0.274 e. The standard InChI is InChI=1S/C22H23N3O4S/c1-4-25(17-10-6-5-7-11-17)30(27,28)18-13-14-21(29-3)20(15-18)24-22(26)19-12-8-9-16(2)23-19/h5-15H,4H2,1-3H3,(H,24,26). The number of nitrogens with zero attached hydrogens (tertiary/aromatic N) is 2. The summed E-state index contributed by atoms with van der Waals surface area (Å²) in [6.07, 6.45) is 0. The minimum Gasteiger partial charge on any atom is -0.495 e. The minimum atomic E-state index is -3.85. The zero-order valence-corrected chi connectivity index (χ0v) is 17.8. The number of amides is 1. The Hall–Kier alpha value is -3.39. The van der Waals surface area contributed by atoms with Crippen molar-refractivity contribution in [1.82, 2.24) is 4.98 Å². The summed E-state index contributed by atoms with van der Waals surface area (Å²) in [6, 6.07) is 18.3. The van der Waals surface area contributed by atoms with Crippen molar-refractivity contribution in [3.8, 4) is 5.75 Å². The van der Waals surface area contributed by atoms with Gasteiger partial charge in [0.1, 0.15) is 11.4 Å². The first-order valence-electron chi connectivity index (χ1n) is 9.37. The molecule has 0 aliphatic heterocycles. The fourth-order valence-electron chi connectivity index (χ4n) is 3.01. The smallest absolute Gasteiger partial charge is 0.274 e. The lowest BCUT2D eigenvalue weighted by Gasteiger charge is -2.23. The van der Waals surface area contributed by atoms with E-state index < -0.39 is 15.9 Å². The van der Waals surface area contributed by atoms with Gasteiger partial charge in [-0.1, -0.05) is 24.3 Å². The van der Waals surface area contributed by atoms with E-state index in [1.165, 1.54) is 29.6 Å². The van der Waals surface area contributed by atoms with E-state index in [-0.39, 0.29) is 22.8 Å². The molecule has 30 heavy (non-hydrogen) atoms. The highest BCUT2D eigenvalue weighted by molar-refractivity contribution is 7.92. The fourth-order valence-corrected chi connectivity index (χ4v) is 4.51. The van der Waals surface area contributed by atoms with Gasteiger partial charge in [-0.05, 0) is 56.3 Å². The van der Waals surface area contributed by atoms with Crippen LogP contribution in [-0.2, 0) is 10.0 Å². The van der Waals surface area contributed by atoms with Gasteiger partial charge in [-0.2, -0.15) is 0 Å². The summed E-state index contributed by atoms with van der Waals surface area (Å²) in [5.41, 5.74) is 1.73. The van der Waals surface area contributed by atoms with Crippen LogP contribution in [0.15, 0.2) is 71.6 Å². The maximum atomic E-state index is 13.3. The van der Waals surface area contributed by atoms with E-state index in [2.05, 4.69) is 10.3 Å². The average molecular weight is 426 g/mol. The summed E-state index contributed by atoms with van der Waals surface area (Å²) in [5, 5.41) is 2.70. The predicted octanol–water partition coefficient (Wildman–Crippen LogP) is 3.87. The van der Waals surface area contributed by atoms with E-state index in [9.17, 15) is 13.2 Å². The lowest BCUT2D eigenvalue weighted by molar-refractivity contribution is 0.102. The van der Waals surface area contributed by atoms with E-state index in [1.807, 2.05) is 6.07 Å². The van der Waals surface area contributed by atoms with Crippen LogP contribution in [0, 0.1) is 6.92 Å². The maximum absolute atomic E-state index is 13.3. The largest absolute Gasteiger partial charge is 0.495 e. The van der Waals surface area contributed by atoms with Crippen LogP contribution in [0.3, 0.4) is 0 Å². The van der Waals surface area contributed by atoms with E-state index in [1.54, 1.807) is 56.3 Å². The Bertz CT molecular complexity index is 1150. The first kappa shape index (κ1) is 21.3. The SMILES string of the molecule is CCN(c1ccccc1)S(=O)(=O)c1ccc(OC)c(NC(=O)c2cccc(C)n2)c1. The second kappa shape index (κ2) is 8.96. The number of nitrogens with one attached hydrogen (secondary N) is 1. The number of benzene rings is 2. The molecular weight excluding hydrogens is 402 g/mol. The topological polar surface area (TPSA) is 88.6 Å². The molecule has 0 fully saturated rings. The highest BCUT2D eigenvalue weighted by Crippen LogP contribution is 2.31. The normalized spacial score (nSPS) is 11.0. The summed E-state index contributed by atoms with van der Waals surface area (Å²) in [7, 11) is -2.40. The van der Waals surface area contributed by atoms with Crippen molar-refractivity contribution in [1.29, 1.82) is 0 Å². The molecule has 0 unspecified atom stereocenters. The number of carbonyl (C=O) groups is 1. The van der Waals surface area contributed by atoms with Crippen molar-refractivity contribution < 1.29 is 17.9 Å². The zero-order chi connectivity index (χ0) is 21.7. The monoisotopic (exact) mass is 425 g/mol. The molecule has 0 aliphatic carbocycles. The number of sulfonamides is 1. The van der Waals surface area contributed by atoms with E-state index in [4.69, 9.17) is 4.74 Å². The number of methoxy groups -OCH3 is 1. The number of ether oxygens (including phenoxy) is 1. The molecule has 156 valence electrons. The molecule has 0 saturated heterocycles. The van der Waals surface area contributed by atoms with Crippen LogP contribution >= 0.6 is 0 Å². The molecule has 0 spiro atoms. The van der Waals surface area contributed by atoms with E-state index >= 15 is 0 Å². The van der Waals surface area contributed by atoms with Gasteiger partial charge in [-0.15, -0.1) is 0 Å². The molecule has 0 atom stereocenters. The summed E-state index contributed by atoms with van der Waals surface area (Å²) in [6.45, 7) is 3.81. The molecule has 0 bridgehead atoms. The summed E-state index contributed by atoms with van der Waals surface area (Å²) in [4.78, 5) is 16.9. The second-order valence-corrected chi connectivity index (χ2v) is 8.35. The van der Waals surface area contributed by atoms with Gasteiger partial charge in [0.25, 0.3) is 15.9 Å². The van der Waals surface area contributed by atoms with Crippen molar-refractivity contribution in [2.24, 2.45) is 0 Å². The van der Waals surface area contributed by atoms with Crippen LogP contribution < -0.4 is 14.4 Å². The summed E-state index contributed by atoms with van der Waals surface area (Å²) >= 11 is 0. The number of carbonyl (C=O) groups excluding carboxylic acids is 1. The van der Waals surface area contributed by atoms with Crippen LogP contribution in [0.1, 0.15) is 23.1 Å². The zero-order valence-electron chi connectivity index (χ0n) is 17.0. The number of rotatable bonds is 7. The number of hydrogen-bond donors (Lipinski definition) is 1. The van der Waals surface area contributed by atoms with Crippen molar-refractivity contribution in [2.75, 3.05) is 23.3 Å². The van der Waals surface area contributed by atoms with Gasteiger partial charge in [0.15, 0.2) is 0 Å². The van der Waals surface area contributed by atoms with Crippen LogP contribution in [0.5, 0.6) is 5.75 Å². The first-order valence-corrected chi connectivity index (χ1v) is 10.8. The highest BCUT2D eigenvalue weighted by Gasteiger charge is 2.25. The van der Waals surface area contributed by atoms with Gasteiger partial charge < -0.3 is 10.1 Å². The molecule has 3 aromatic rings. The molecule has 7 nitrogen and oxygen atoms in total. The summed E-state index contributed by atoms with van der Waals surface area (Å²) in [5.74, 6) is -0.111. The molecule has 1 heterocycles. The van der Waals surface area contributed by atoms with Crippen LogP contribution in [-0.4, -0.2) is 33.0 Å². The van der Waals surface area contributed by atoms with Gasteiger partial charge in [0, 0.05) is 12.2 Å². The molecule has 1 N–H and O–H groups in total. The molecule has 0 saturated carbocycles. The highest BCUT2D eigenvalue weighted by atomic mass is 32.2. The average Bonchev–Trinajstić information content (AvgIpc) is 2.74. The summed E-state index contributed by atoms with van der Waals surface area (Å²) < 4.78 is 33.2. The number of hydrogen-bond acceptors (Lipinski definition) is 5. The lowest BCUT2D eigenvalue weighted by Crippen LogP contribution is -2.30. The second-order valence-electron chi connectivity index (χ2n) is 6.49. The Morgan fingerprint density at radius 1 is 1.07 bits per heavy atom. The number of aryl methyl sites for hydroxylation is 1. The molecular formula is C22H23N3O4S. The van der Waals surface area contributed by atoms with Gasteiger partial charge >= 0.3 is 0 Å². The Kier molecular flexibility index (Phi) is 6.37. The third-order valence-electron chi connectivity index (χ3n) is 4.46. The van der Waals surface area contributed by atoms with Gasteiger partial charge in [0.05, 0.1) is 23.4 Å². The Labute approximate surface area is 176 Å². The van der Waals surface area contributed by atoms with Crippen molar-refractivity contribution in [2.45, 2.75) is 18.7 Å². The lowest BCUT2D eigenvalue weighted by atomic mass is 10.2. The van der Waals surface area contributed by atoms with Crippen molar-refractivity contribution in [3.05, 3.63) is 78.1 Å². The predicted molar refractivity (Wildman–Crippen MR) is 117 cm³/mol. The molecule has 0 radical (unpaired) electrons. The molecule has 3 rings (SSSR count). The van der Waals surface area contributed by atoms with Gasteiger partial charge in [0.2, 0.25) is 0 Å². The Morgan fingerprint density at radius 3 is 2.43 bits per heavy atom. The molecule has 0 aliphatic rings. The van der Waals surface area contributed by atoms with E-state index in [0.717, 1.165) is 0 Å². The molecule has 1 amide bonds. The fraction of sp³-hybridized carbons (Fsp3) is 0.182. The van der Waals surface area contributed by atoms with Gasteiger partial charge in [-0.3, -0.25) is 9.10 Å². The third-order valence-corrected chi connectivity index (χ3v) is 6.36. The number of aromatic nitrogens is 1.